The van der Waals surface area contributed by atoms with Crippen molar-refractivity contribution in [2.45, 2.75) is 19.9 Å². The summed E-state index contributed by atoms with van der Waals surface area (Å²) >= 11 is 5.91. The van der Waals surface area contributed by atoms with Gasteiger partial charge in [-0.15, -0.1) is 0 Å². The van der Waals surface area contributed by atoms with Crippen molar-refractivity contribution in [1.82, 2.24) is 19.5 Å². The molecule has 2 aromatic heterocycles. The molecule has 0 radical (unpaired) electrons. The van der Waals surface area contributed by atoms with E-state index in [0.29, 0.717) is 5.92 Å². The Hall–Kier alpha value is -2.66. The first-order valence-electron chi connectivity index (χ1n) is 8.50. The van der Waals surface area contributed by atoms with Crippen molar-refractivity contribution < 1.29 is 4.39 Å². The van der Waals surface area contributed by atoms with Gasteiger partial charge in [0.05, 0.1) is 16.1 Å². The quantitative estimate of drug-likeness (QED) is 0.532. The SMILES string of the molecule is CC(Cc1nc2ccccc2[nH]1)Cn1ccnc1-c1ccc(F)c(Cl)c1. The summed E-state index contributed by atoms with van der Waals surface area (Å²) in [6.45, 7) is 2.95. The second-order valence-electron chi connectivity index (χ2n) is 6.54. The first-order valence-corrected chi connectivity index (χ1v) is 8.88. The van der Waals surface area contributed by atoms with Gasteiger partial charge in [0.15, 0.2) is 0 Å². The number of fused-ring (bicyclic) bond motifs is 1. The van der Waals surface area contributed by atoms with E-state index in [4.69, 9.17) is 11.6 Å². The molecule has 0 aliphatic heterocycles. The predicted octanol–water partition coefficient (Wildman–Crippen LogP) is 5.10. The number of aromatic amines is 1. The molecule has 4 nitrogen and oxygen atoms in total. The molecule has 2 heterocycles. The van der Waals surface area contributed by atoms with E-state index < -0.39 is 5.82 Å². The molecule has 0 saturated heterocycles. The fourth-order valence-electron chi connectivity index (χ4n) is 3.18. The molecule has 0 bridgehead atoms. The third-order valence-electron chi connectivity index (χ3n) is 4.38. The molecule has 0 amide bonds. The van der Waals surface area contributed by atoms with Gasteiger partial charge in [-0.05, 0) is 36.2 Å². The molecule has 0 aliphatic carbocycles. The van der Waals surface area contributed by atoms with Crippen LogP contribution in [-0.2, 0) is 13.0 Å². The Morgan fingerprint density at radius 2 is 2.08 bits per heavy atom. The van der Waals surface area contributed by atoms with Gasteiger partial charge in [0.1, 0.15) is 17.5 Å². The van der Waals surface area contributed by atoms with Crippen LogP contribution in [0.3, 0.4) is 0 Å². The zero-order chi connectivity index (χ0) is 18.1. The number of halogens is 2. The fourth-order valence-corrected chi connectivity index (χ4v) is 3.37. The molecule has 1 N–H and O–H groups in total. The highest BCUT2D eigenvalue weighted by Crippen LogP contribution is 2.25. The van der Waals surface area contributed by atoms with Crippen LogP contribution in [-0.4, -0.2) is 19.5 Å². The molecule has 26 heavy (non-hydrogen) atoms. The Morgan fingerprint density at radius 3 is 2.88 bits per heavy atom. The molecule has 0 aliphatic rings. The lowest BCUT2D eigenvalue weighted by atomic mass is 10.1. The van der Waals surface area contributed by atoms with Crippen LogP contribution in [0.25, 0.3) is 22.4 Å². The van der Waals surface area contributed by atoms with E-state index in [1.807, 2.05) is 30.5 Å². The molecule has 4 aromatic rings. The minimum Gasteiger partial charge on any atom is -0.342 e. The van der Waals surface area contributed by atoms with Gasteiger partial charge in [-0.1, -0.05) is 30.7 Å². The largest absolute Gasteiger partial charge is 0.342 e. The summed E-state index contributed by atoms with van der Waals surface area (Å²) in [6.07, 6.45) is 4.51. The Kier molecular flexibility index (Phi) is 4.47. The first kappa shape index (κ1) is 16.8. The lowest BCUT2D eigenvalue weighted by molar-refractivity contribution is 0.474. The van der Waals surface area contributed by atoms with Gasteiger partial charge in [0.25, 0.3) is 0 Å². The van der Waals surface area contributed by atoms with Gasteiger partial charge in [-0.3, -0.25) is 0 Å². The van der Waals surface area contributed by atoms with Gasteiger partial charge in [0, 0.05) is 30.9 Å². The maximum atomic E-state index is 13.4. The number of benzene rings is 2. The first-order chi connectivity index (χ1) is 12.6. The Bertz CT molecular complexity index is 1020. The normalized spacial score (nSPS) is 12.6. The number of nitrogens with zero attached hydrogens (tertiary/aromatic N) is 3. The van der Waals surface area contributed by atoms with Crippen LogP contribution < -0.4 is 0 Å². The molecule has 0 fully saturated rings. The summed E-state index contributed by atoms with van der Waals surface area (Å²) < 4.78 is 15.5. The van der Waals surface area contributed by atoms with Crippen LogP contribution in [0.2, 0.25) is 5.02 Å². The average Bonchev–Trinajstić information content (AvgIpc) is 3.23. The standard InChI is InChI=1S/C20H18ClFN4/c1-13(10-19-24-17-4-2-3-5-18(17)25-19)12-26-9-8-23-20(26)14-6-7-16(22)15(21)11-14/h2-9,11,13H,10,12H2,1H3,(H,24,25). The van der Waals surface area contributed by atoms with E-state index in [1.165, 1.54) is 6.07 Å². The molecule has 132 valence electrons. The maximum absolute atomic E-state index is 13.4. The molecular weight excluding hydrogens is 351 g/mol. The molecule has 0 saturated carbocycles. The van der Waals surface area contributed by atoms with E-state index >= 15 is 0 Å². The second-order valence-corrected chi connectivity index (χ2v) is 6.95. The number of nitrogens with one attached hydrogen (secondary N) is 1. The van der Waals surface area contributed by atoms with Crippen LogP contribution in [0, 0.1) is 11.7 Å². The van der Waals surface area contributed by atoms with E-state index in [0.717, 1.165) is 41.2 Å². The van der Waals surface area contributed by atoms with Crippen molar-refractivity contribution in [2.75, 3.05) is 0 Å². The predicted molar refractivity (Wildman–Crippen MR) is 102 cm³/mol. The molecule has 1 unspecified atom stereocenters. The van der Waals surface area contributed by atoms with Gasteiger partial charge >= 0.3 is 0 Å². The number of aromatic nitrogens is 4. The molecule has 2 aromatic carbocycles. The van der Waals surface area contributed by atoms with Crippen LogP contribution in [0.4, 0.5) is 4.39 Å². The highest BCUT2D eigenvalue weighted by Gasteiger charge is 2.13. The third kappa shape index (κ3) is 3.35. The lowest BCUT2D eigenvalue weighted by Gasteiger charge is -2.14. The van der Waals surface area contributed by atoms with Gasteiger partial charge in [0.2, 0.25) is 0 Å². The number of rotatable bonds is 5. The maximum Gasteiger partial charge on any atom is 0.141 e. The molecular formula is C20H18ClFN4. The zero-order valence-corrected chi connectivity index (χ0v) is 15.0. The smallest absolute Gasteiger partial charge is 0.141 e. The Labute approximate surface area is 155 Å². The van der Waals surface area contributed by atoms with E-state index in [2.05, 4.69) is 26.4 Å². The Morgan fingerprint density at radius 1 is 1.23 bits per heavy atom. The van der Waals surface area contributed by atoms with E-state index in [-0.39, 0.29) is 5.02 Å². The van der Waals surface area contributed by atoms with Crippen molar-refractivity contribution >= 4 is 22.6 Å². The van der Waals surface area contributed by atoms with Crippen molar-refractivity contribution in [1.29, 1.82) is 0 Å². The Balaban J connectivity index is 1.52. The molecule has 1 atom stereocenters. The highest BCUT2D eigenvalue weighted by molar-refractivity contribution is 6.31. The van der Waals surface area contributed by atoms with Crippen LogP contribution in [0.15, 0.2) is 54.9 Å². The summed E-state index contributed by atoms with van der Waals surface area (Å²) in [5.74, 6) is 1.68. The van der Waals surface area contributed by atoms with Gasteiger partial charge < -0.3 is 9.55 Å². The van der Waals surface area contributed by atoms with E-state index in [1.54, 1.807) is 18.3 Å². The van der Waals surface area contributed by atoms with Crippen LogP contribution in [0.1, 0.15) is 12.7 Å². The summed E-state index contributed by atoms with van der Waals surface area (Å²) in [5, 5.41) is 0.104. The third-order valence-corrected chi connectivity index (χ3v) is 4.67. The fraction of sp³-hybridized carbons (Fsp3) is 0.200. The molecule has 6 heteroatoms. The van der Waals surface area contributed by atoms with Crippen molar-refractivity contribution in [2.24, 2.45) is 5.92 Å². The minimum absolute atomic E-state index is 0.104. The second kappa shape index (κ2) is 6.92. The van der Waals surface area contributed by atoms with Crippen molar-refractivity contribution in [3.8, 4) is 11.4 Å². The summed E-state index contributed by atoms with van der Waals surface area (Å²) in [5.41, 5.74) is 2.84. The van der Waals surface area contributed by atoms with Crippen LogP contribution >= 0.6 is 11.6 Å². The number of hydrogen-bond donors (Lipinski definition) is 1. The van der Waals surface area contributed by atoms with E-state index in [9.17, 15) is 4.39 Å². The van der Waals surface area contributed by atoms with Crippen LogP contribution in [0.5, 0.6) is 0 Å². The minimum atomic E-state index is -0.424. The summed E-state index contributed by atoms with van der Waals surface area (Å²) in [7, 11) is 0. The summed E-state index contributed by atoms with van der Waals surface area (Å²) in [6, 6.07) is 12.7. The zero-order valence-electron chi connectivity index (χ0n) is 14.3. The number of hydrogen-bond acceptors (Lipinski definition) is 2. The molecule has 4 rings (SSSR count). The van der Waals surface area contributed by atoms with Crippen molar-refractivity contribution in [3.63, 3.8) is 0 Å². The van der Waals surface area contributed by atoms with Gasteiger partial charge in [-0.25, -0.2) is 14.4 Å². The molecule has 0 spiro atoms. The highest BCUT2D eigenvalue weighted by atomic mass is 35.5. The summed E-state index contributed by atoms with van der Waals surface area (Å²) in [4.78, 5) is 12.4. The number of imidazole rings is 2. The van der Waals surface area contributed by atoms with Gasteiger partial charge in [-0.2, -0.15) is 0 Å². The number of H-pyrrole nitrogens is 1. The topological polar surface area (TPSA) is 46.5 Å². The number of para-hydroxylation sites is 2. The lowest BCUT2D eigenvalue weighted by Crippen LogP contribution is -2.11. The average molecular weight is 369 g/mol. The monoisotopic (exact) mass is 368 g/mol. The van der Waals surface area contributed by atoms with Crippen molar-refractivity contribution in [3.05, 3.63) is 71.5 Å².